The monoisotopic (exact) mass is 580 g/mol. The first-order valence-electron chi connectivity index (χ1n) is 16.4. The number of aromatic hydroxyl groups is 1. The number of benzene rings is 1. The lowest BCUT2D eigenvalue weighted by Crippen LogP contribution is -2.61. The van der Waals surface area contributed by atoms with Gasteiger partial charge in [-0.15, -0.1) is 0 Å². The van der Waals surface area contributed by atoms with Crippen molar-refractivity contribution >= 4 is 23.6 Å². The Morgan fingerprint density at radius 1 is 0.714 bits per heavy atom. The molecule has 230 valence electrons. The van der Waals surface area contributed by atoms with Crippen molar-refractivity contribution in [1.29, 1.82) is 0 Å². The molecule has 9 heteroatoms. The quantitative estimate of drug-likeness (QED) is 0.307. The zero-order valence-electron chi connectivity index (χ0n) is 25.0. The Kier molecular flexibility index (Phi) is 10.4. The Morgan fingerprint density at radius 2 is 1.31 bits per heavy atom. The van der Waals surface area contributed by atoms with E-state index in [0.717, 1.165) is 50.5 Å². The van der Waals surface area contributed by atoms with Gasteiger partial charge in [-0.3, -0.25) is 19.2 Å². The van der Waals surface area contributed by atoms with Gasteiger partial charge in [0.1, 0.15) is 5.75 Å². The third-order valence-electron chi connectivity index (χ3n) is 9.98. The fourth-order valence-electron chi connectivity index (χ4n) is 7.52. The van der Waals surface area contributed by atoms with Gasteiger partial charge in [-0.05, 0) is 80.9 Å². The summed E-state index contributed by atoms with van der Waals surface area (Å²) < 4.78 is 0. The number of unbranched alkanes of at least 4 members (excludes halogenated alkanes) is 1. The number of nitrogens with one attached hydrogen (secondary N) is 1. The van der Waals surface area contributed by atoms with E-state index >= 15 is 0 Å². The molecular formula is C33H48N4O5. The van der Waals surface area contributed by atoms with Crippen molar-refractivity contribution in [2.75, 3.05) is 32.7 Å². The maximum Gasteiger partial charge on any atom is 0.312 e. The van der Waals surface area contributed by atoms with Crippen molar-refractivity contribution < 1.29 is 24.3 Å². The van der Waals surface area contributed by atoms with Gasteiger partial charge < -0.3 is 25.1 Å². The summed E-state index contributed by atoms with van der Waals surface area (Å²) in [6.07, 6.45) is 14.6. The van der Waals surface area contributed by atoms with E-state index in [0.29, 0.717) is 51.0 Å². The molecule has 4 aliphatic rings. The summed E-state index contributed by atoms with van der Waals surface area (Å²) in [6, 6.07) is 7.00. The van der Waals surface area contributed by atoms with E-state index in [2.05, 4.69) is 5.32 Å². The van der Waals surface area contributed by atoms with Crippen LogP contribution in [0.25, 0.3) is 0 Å². The second-order valence-electron chi connectivity index (χ2n) is 13.1. The molecule has 4 amide bonds. The van der Waals surface area contributed by atoms with Crippen LogP contribution in [0.4, 0.5) is 0 Å². The first-order valence-corrected chi connectivity index (χ1v) is 16.4. The molecule has 0 spiro atoms. The summed E-state index contributed by atoms with van der Waals surface area (Å²) in [5, 5.41) is 12.5. The van der Waals surface area contributed by atoms with Crippen LogP contribution in [-0.2, 0) is 25.6 Å². The van der Waals surface area contributed by atoms with Crippen molar-refractivity contribution in [1.82, 2.24) is 20.0 Å². The fourth-order valence-corrected chi connectivity index (χ4v) is 7.52. The highest BCUT2D eigenvalue weighted by Gasteiger charge is 2.40. The van der Waals surface area contributed by atoms with Gasteiger partial charge in [0, 0.05) is 38.8 Å². The van der Waals surface area contributed by atoms with E-state index in [-0.39, 0.29) is 17.8 Å². The highest BCUT2D eigenvalue weighted by atomic mass is 16.3. The molecule has 2 atom stereocenters. The number of amides is 4. The summed E-state index contributed by atoms with van der Waals surface area (Å²) in [4.78, 5) is 57.0. The Balaban J connectivity index is 1.18. The average molecular weight is 581 g/mol. The molecule has 0 unspecified atom stereocenters. The lowest BCUT2D eigenvalue weighted by molar-refractivity contribution is -0.159. The van der Waals surface area contributed by atoms with Gasteiger partial charge in [-0.25, -0.2) is 0 Å². The molecular weight excluding hydrogens is 532 g/mol. The van der Waals surface area contributed by atoms with Crippen LogP contribution in [0.3, 0.4) is 0 Å². The summed E-state index contributed by atoms with van der Waals surface area (Å²) >= 11 is 0. The van der Waals surface area contributed by atoms with Gasteiger partial charge in [0.2, 0.25) is 0 Å². The normalized spacial score (nSPS) is 24.8. The second kappa shape index (κ2) is 14.4. The summed E-state index contributed by atoms with van der Waals surface area (Å²) in [5.41, 5.74) is 1.04. The van der Waals surface area contributed by atoms with Crippen molar-refractivity contribution in [3.8, 4) is 5.75 Å². The lowest BCUT2D eigenvalue weighted by Gasteiger charge is -2.42. The third kappa shape index (κ3) is 7.64. The van der Waals surface area contributed by atoms with E-state index in [1.165, 1.54) is 38.5 Å². The predicted octanol–water partition coefficient (Wildman–Crippen LogP) is 3.63. The predicted molar refractivity (Wildman–Crippen MR) is 159 cm³/mol. The van der Waals surface area contributed by atoms with Crippen LogP contribution in [0.5, 0.6) is 5.75 Å². The number of carbonyl (C=O) groups is 4. The molecule has 0 bridgehead atoms. The van der Waals surface area contributed by atoms with Gasteiger partial charge in [0.15, 0.2) is 0 Å². The fraction of sp³-hybridized carbons (Fsp3) is 0.697. The third-order valence-corrected chi connectivity index (χ3v) is 9.98. The van der Waals surface area contributed by atoms with Gasteiger partial charge in [-0.1, -0.05) is 50.7 Å². The number of nitrogens with zero attached hydrogens (tertiary/aromatic N) is 3. The molecule has 2 heterocycles. The lowest BCUT2D eigenvalue weighted by atomic mass is 9.88. The van der Waals surface area contributed by atoms with Crippen LogP contribution in [0.2, 0.25) is 0 Å². The Hall–Kier alpha value is -3.10. The molecule has 9 nitrogen and oxygen atoms in total. The van der Waals surface area contributed by atoms with E-state index in [4.69, 9.17) is 0 Å². The second-order valence-corrected chi connectivity index (χ2v) is 13.1. The molecule has 2 saturated carbocycles. The number of rotatable bonds is 11. The molecule has 1 aromatic rings. The summed E-state index contributed by atoms with van der Waals surface area (Å²) in [5.74, 6) is -0.594. The van der Waals surface area contributed by atoms with Crippen LogP contribution in [0, 0.1) is 11.8 Å². The average Bonchev–Trinajstić information content (AvgIpc) is 3.01. The Bertz CT molecular complexity index is 1100. The number of carbonyl (C=O) groups excluding carboxylic acids is 4. The zero-order chi connectivity index (χ0) is 29.5. The number of hydrogen-bond acceptors (Lipinski definition) is 5. The van der Waals surface area contributed by atoms with Crippen LogP contribution in [-0.4, -0.2) is 88.2 Å². The van der Waals surface area contributed by atoms with Crippen LogP contribution in [0.1, 0.15) is 89.0 Å². The van der Waals surface area contributed by atoms with Gasteiger partial charge in [0.25, 0.3) is 0 Å². The highest BCUT2D eigenvalue weighted by molar-refractivity contribution is 6.36. The molecule has 5 rings (SSSR count). The zero-order valence-corrected chi connectivity index (χ0v) is 25.0. The number of piperazine rings is 2. The van der Waals surface area contributed by atoms with Crippen molar-refractivity contribution in [2.24, 2.45) is 11.8 Å². The van der Waals surface area contributed by atoms with Crippen LogP contribution < -0.4 is 5.32 Å². The molecule has 4 fully saturated rings. The first kappa shape index (κ1) is 30.4. The number of phenolic OH excluding ortho intramolecular Hbond substituents is 1. The van der Waals surface area contributed by atoms with Crippen molar-refractivity contribution in [2.45, 2.75) is 102 Å². The standard InChI is InChI=1S/C33H48N4O5/c38-29-16-14-24(15-17-29)19-28-23-35(32(41)33(42)37(28)22-26-11-5-2-6-12-26)18-8-7-13-27-20-34-30(39)31(40)36(27)21-25-9-3-1-4-10-25/h14-17,25-28,38H,1-13,18-23H2,(H,34,39)/t27-,28-/m0/s1. The minimum Gasteiger partial charge on any atom is -0.508 e. The van der Waals surface area contributed by atoms with Gasteiger partial charge in [0.05, 0.1) is 6.04 Å². The topological polar surface area (TPSA) is 110 Å². The van der Waals surface area contributed by atoms with Crippen molar-refractivity contribution in [3.63, 3.8) is 0 Å². The molecule has 0 aromatic heterocycles. The molecule has 2 saturated heterocycles. The molecule has 42 heavy (non-hydrogen) atoms. The maximum atomic E-state index is 13.5. The molecule has 1 aromatic carbocycles. The minimum atomic E-state index is -0.503. The SMILES string of the molecule is O=C1NC[C@H](CCCCN2C[C@H](Cc3ccc(O)cc3)N(CC3CCCCC3)C(=O)C2=O)N(CC2CCCCC2)C1=O. The Labute approximate surface area is 250 Å². The molecule has 2 N–H and O–H groups in total. The van der Waals surface area contributed by atoms with E-state index in [9.17, 15) is 24.3 Å². The van der Waals surface area contributed by atoms with E-state index in [1.54, 1.807) is 21.9 Å². The Morgan fingerprint density at radius 3 is 1.93 bits per heavy atom. The van der Waals surface area contributed by atoms with Crippen LogP contribution in [0.15, 0.2) is 24.3 Å². The first-order chi connectivity index (χ1) is 20.4. The largest absolute Gasteiger partial charge is 0.508 e. The molecule has 0 radical (unpaired) electrons. The minimum absolute atomic E-state index is 0.0240. The van der Waals surface area contributed by atoms with Gasteiger partial charge in [-0.2, -0.15) is 0 Å². The summed E-state index contributed by atoms with van der Waals surface area (Å²) in [7, 11) is 0. The maximum absolute atomic E-state index is 13.5. The molecule has 2 aliphatic heterocycles. The number of phenols is 1. The van der Waals surface area contributed by atoms with Gasteiger partial charge >= 0.3 is 23.6 Å². The highest BCUT2D eigenvalue weighted by Crippen LogP contribution is 2.29. The van der Waals surface area contributed by atoms with Crippen molar-refractivity contribution in [3.05, 3.63) is 29.8 Å². The van der Waals surface area contributed by atoms with Crippen LogP contribution >= 0.6 is 0 Å². The summed E-state index contributed by atoms with van der Waals surface area (Å²) in [6.45, 7) is 2.78. The van der Waals surface area contributed by atoms with E-state index < -0.39 is 23.6 Å². The van der Waals surface area contributed by atoms with E-state index in [1.807, 2.05) is 17.0 Å². The number of hydrogen-bond donors (Lipinski definition) is 2. The molecule has 2 aliphatic carbocycles. The smallest absolute Gasteiger partial charge is 0.312 e.